The van der Waals surface area contributed by atoms with Crippen molar-refractivity contribution in [3.8, 4) is 0 Å². The molecule has 0 aliphatic carbocycles. The largest absolute Gasteiger partial charge is 0.480 e. The molecule has 1 aromatic rings. The molecule has 0 fully saturated rings. The van der Waals surface area contributed by atoms with Crippen molar-refractivity contribution in [1.29, 1.82) is 0 Å². The van der Waals surface area contributed by atoms with Crippen molar-refractivity contribution >= 4 is 12.0 Å². The molecule has 1 atom stereocenters. The average molecular weight is 297 g/mol. The van der Waals surface area contributed by atoms with Gasteiger partial charge >= 0.3 is 12.0 Å². The summed E-state index contributed by atoms with van der Waals surface area (Å²) in [5.74, 6) is -1.08. The average Bonchev–Trinajstić information content (AvgIpc) is 2.90. The van der Waals surface area contributed by atoms with Gasteiger partial charge in [-0.25, -0.2) is 14.6 Å². The molecule has 21 heavy (non-hydrogen) atoms. The van der Waals surface area contributed by atoms with Gasteiger partial charge in [-0.15, -0.1) is 0 Å². The third-order valence-electron chi connectivity index (χ3n) is 3.21. The Kier molecular flexibility index (Phi) is 6.67. The monoisotopic (exact) mass is 297 g/mol. The summed E-state index contributed by atoms with van der Waals surface area (Å²) >= 11 is 0. The molecule has 0 aliphatic rings. The van der Waals surface area contributed by atoms with Crippen LogP contribution in [0.2, 0.25) is 0 Å². The number of nitrogens with one attached hydrogen (secondary N) is 3. The van der Waals surface area contributed by atoms with Gasteiger partial charge in [0, 0.05) is 37.4 Å². The van der Waals surface area contributed by atoms with Gasteiger partial charge in [-0.1, -0.05) is 0 Å². The number of nitrogens with zero attached hydrogens (tertiary/aromatic N) is 2. The lowest BCUT2D eigenvalue weighted by atomic mass is 10.2. The first kappa shape index (κ1) is 17.0. The molecule has 0 aromatic carbocycles. The Morgan fingerprint density at radius 2 is 2.19 bits per heavy atom. The number of hydrogen-bond donors (Lipinski definition) is 4. The van der Waals surface area contributed by atoms with Crippen LogP contribution >= 0.6 is 0 Å². The Morgan fingerprint density at radius 1 is 1.48 bits per heavy atom. The van der Waals surface area contributed by atoms with Crippen molar-refractivity contribution in [3.63, 3.8) is 0 Å². The van der Waals surface area contributed by atoms with Crippen molar-refractivity contribution in [1.82, 2.24) is 25.5 Å². The van der Waals surface area contributed by atoms with Crippen LogP contribution in [0.1, 0.15) is 19.5 Å². The van der Waals surface area contributed by atoms with Gasteiger partial charge in [-0.05, 0) is 20.9 Å². The fourth-order valence-corrected chi connectivity index (χ4v) is 1.63. The minimum absolute atomic E-state index is 0.161. The molecule has 1 aromatic heterocycles. The fraction of sp³-hybridized carbons (Fsp3) is 0.615. The van der Waals surface area contributed by atoms with E-state index in [-0.39, 0.29) is 6.42 Å². The van der Waals surface area contributed by atoms with E-state index in [1.165, 1.54) is 12.5 Å². The van der Waals surface area contributed by atoms with Crippen LogP contribution in [0.25, 0.3) is 0 Å². The Hall–Kier alpha value is -2.09. The smallest absolute Gasteiger partial charge is 0.326 e. The zero-order chi connectivity index (χ0) is 15.8. The van der Waals surface area contributed by atoms with Gasteiger partial charge in [0.2, 0.25) is 0 Å². The molecule has 0 aliphatic heterocycles. The highest BCUT2D eigenvalue weighted by atomic mass is 16.4. The SMILES string of the molecule is CC(C)N(C)CCNC(=O)N[C@H](Cc1cnc[nH]1)C(=O)O. The van der Waals surface area contributed by atoms with Crippen LogP contribution in [0.15, 0.2) is 12.5 Å². The molecule has 0 spiro atoms. The highest BCUT2D eigenvalue weighted by Gasteiger charge is 2.20. The molecule has 1 heterocycles. The van der Waals surface area contributed by atoms with E-state index in [1.54, 1.807) is 0 Å². The van der Waals surface area contributed by atoms with Gasteiger partial charge in [-0.2, -0.15) is 0 Å². The van der Waals surface area contributed by atoms with Crippen LogP contribution in [0, 0.1) is 0 Å². The molecular formula is C13H23N5O3. The van der Waals surface area contributed by atoms with E-state index < -0.39 is 18.0 Å². The van der Waals surface area contributed by atoms with Gasteiger partial charge in [0.15, 0.2) is 0 Å². The number of imidazole rings is 1. The highest BCUT2D eigenvalue weighted by Crippen LogP contribution is 1.98. The topological polar surface area (TPSA) is 110 Å². The van der Waals surface area contributed by atoms with Gasteiger partial charge in [-0.3, -0.25) is 0 Å². The first-order valence-electron chi connectivity index (χ1n) is 6.84. The lowest BCUT2D eigenvalue weighted by Crippen LogP contribution is -2.48. The first-order valence-corrected chi connectivity index (χ1v) is 6.84. The Balaban J connectivity index is 2.37. The normalized spacial score (nSPS) is 12.4. The maximum Gasteiger partial charge on any atom is 0.326 e. The molecular weight excluding hydrogens is 274 g/mol. The third-order valence-corrected chi connectivity index (χ3v) is 3.21. The first-order chi connectivity index (χ1) is 9.90. The van der Waals surface area contributed by atoms with Crippen LogP contribution in [0.4, 0.5) is 4.79 Å². The minimum atomic E-state index is -1.08. The van der Waals surface area contributed by atoms with Crippen LogP contribution in [-0.4, -0.2) is 64.2 Å². The van der Waals surface area contributed by atoms with E-state index >= 15 is 0 Å². The van der Waals surface area contributed by atoms with E-state index in [4.69, 9.17) is 5.11 Å². The number of H-pyrrole nitrogens is 1. The number of rotatable bonds is 8. The van der Waals surface area contributed by atoms with E-state index in [0.29, 0.717) is 24.8 Å². The molecule has 0 saturated heterocycles. The molecule has 0 radical (unpaired) electrons. The summed E-state index contributed by atoms with van der Waals surface area (Å²) in [5.41, 5.74) is 0.655. The van der Waals surface area contributed by atoms with E-state index in [1.807, 2.05) is 7.05 Å². The van der Waals surface area contributed by atoms with E-state index in [0.717, 1.165) is 0 Å². The molecule has 0 saturated carbocycles. The predicted octanol–water partition coefficient (Wildman–Crippen LogP) is 0.0448. The van der Waals surface area contributed by atoms with Crippen LogP contribution in [0.3, 0.4) is 0 Å². The second-order valence-corrected chi connectivity index (χ2v) is 5.15. The molecule has 0 unspecified atom stereocenters. The second-order valence-electron chi connectivity index (χ2n) is 5.15. The zero-order valence-corrected chi connectivity index (χ0v) is 12.6. The third kappa shape index (κ3) is 6.26. The number of amides is 2. The number of carbonyl (C=O) groups is 2. The summed E-state index contributed by atoms with van der Waals surface area (Å²) in [4.78, 5) is 31.6. The summed E-state index contributed by atoms with van der Waals surface area (Å²) in [6.45, 7) is 5.27. The standard InChI is InChI=1S/C13H23N5O3/c1-9(2)18(3)5-4-15-13(21)17-11(12(19)20)6-10-7-14-8-16-10/h7-9,11H,4-6H2,1-3H3,(H,14,16)(H,19,20)(H2,15,17,21)/t11-/m1/s1. The maximum absolute atomic E-state index is 11.7. The van der Waals surface area contributed by atoms with Crippen molar-refractivity contribution in [2.45, 2.75) is 32.4 Å². The van der Waals surface area contributed by atoms with Crippen molar-refractivity contribution < 1.29 is 14.7 Å². The molecule has 2 amide bonds. The van der Waals surface area contributed by atoms with E-state index in [2.05, 4.69) is 39.3 Å². The van der Waals surface area contributed by atoms with Gasteiger partial charge in [0.1, 0.15) is 6.04 Å². The van der Waals surface area contributed by atoms with Crippen LogP contribution in [0.5, 0.6) is 0 Å². The summed E-state index contributed by atoms with van der Waals surface area (Å²) in [6, 6.07) is -1.09. The fourth-order valence-electron chi connectivity index (χ4n) is 1.63. The van der Waals surface area contributed by atoms with Gasteiger partial charge < -0.3 is 25.6 Å². The Bertz CT molecular complexity index is 447. The van der Waals surface area contributed by atoms with Crippen LogP contribution < -0.4 is 10.6 Å². The number of carboxylic acid groups (broad SMARTS) is 1. The summed E-state index contributed by atoms with van der Waals surface area (Å²) < 4.78 is 0. The zero-order valence-electron chi connectivity index (χ0n) is 12.6. The Morgan fingerprint density at radius 3 is 2.71 bits per heavy atom. The highest BCUT2D eigenvalue weighted by molar-refractivity contribution is 5.82. The molecule has 1 rings (SSSR count). The summed E-state index contributed by atoms with van der Waals surface area (Å²) in [5, 5.41) is 14.2. The summed E-state index contributed by atoms with van der Waals surface area (Å²) in [6.07, 6.45) is 3.16. The molecule has 4 N–H and O–H groups in total. The number of likely N-dealkylation sites (N-methyl/N-ethyl adjacent to an activating group) is 1. The number of aromatic amines is 1. The van der Waals surface area contributed by atoms with Gasteiger partial charge in [0.05, 0.1) is 6.33 Å². The number of hydrogen-bond acceptors (Lipinski definition) is 4. The van der Waals surface area contributed by atoms with E-state index in [9.17, 15) is 9.59 Å². The molecule has 8 heteroatoms. The molecule has 0 bridgehead atoms. The number of aliphatic carboxylic acids is 1. The summed E-state index contributed by atoms with van der Waals surface area (Å²) in [7, 11) is 1.96. The predicted molar refractivity (Wildman–Crippen MR) is 78.0 cm³/mol. The number of urea groups is 1. The van der Waals surface area contributed by atoms with Gasteiger partial charge in [0.25, 0.3) is 0 Å². The minimum Gasteiger partial charge on any atom is -0.480 e. The molecule has 8 nitrogen and oxygen atoms in total. The maximum atomic E-state index is 11.7. The van der Waals surface area contributed by atoms with Crippen LogP contribution in [-0.2, 0) is 11.2 Å². The van der Waals surface area contributed by atoms with Crippen molar-refractivity contribution in [2.75, 3.05) is 20.1 Å². The molecule has 118 valence electrons. The second kappa shape index (κ2) is 8.25. The van der Waals surface area contributed by atoms with Crippen molar-refractivity contribution in [2.24, 2.45) is 0 Å². The lowest BCUT2D eigenvalue weighted by Gasteiger charge is -2.21. The number of carbonyl (C=O) groups excluding carboxylic acids is 1. The number of carboxylic acids is 1. The van der Waals surface area contributed by atoms with Crippen molar-refractivity contribution in [3.05, 3.63) is 18.2 Å². The number of aromatic nitrogens is 2. The quantitative estimate of drug-likeness (QED) is 0.542. The Labute approximate surface area is 123 Å². The lowest BCUT2D eigenvalue weighted by molar-refractivity contribution is -0.139.